The Hall–Kier alpha value is -1.60. The zero-order valence-corrected chi connectivity index (χ0v) is 12.8. The number of rotatable bonds is 1. The first-order chi connectivity index (χ1) is 9.86. The summed E-state index contributed by atoms with van der Waals surface area (Å²) in [6.45, 7) is 0. The molecule has 0 amide bonds. The van der Waals surface area contributed by atoms with E-state index < -0.39 is 11.9 Å². The lowest BCUT2D eigenvalue weighted by Crippen LogP contribution is -2.07. The molecule has 1 aromatic carbocycles. The van der Waals surface area contributed by atoms with Gasteiger partial charge in [-0.05, 0) is 29.8 Å². The normalized spacial score (nSPS) is 12.0. The third-order valence-electron chi connectivity index (χ3n) is 2.99. The number of alkyl halides is 3. The van der Waals surface area contributed by atoms with Gasteiger partial charge in [-0.15, -0.1) is 11.3 Å². The van der Waals surface area contributed by atoms with Gasteiger partial charge in [-0.2, -0.15) is 13.2 Å². The molecule has 0 saturated heterocycles. The Kier molecular flexibility index (Phi) is 3.41. The fourth-order valence-corrected chi connectivity index (χ4v) is 3.33. The molecule has 0 atom stereocenters. The van der Waals surface area contributed by atoms with Crippen LogP contribution in [0.25, 0.3) is 20.7 Å². The molecule has 21 heavy (non-hydrogen) atoms. The first-order valence-corrected chi connectivity index (χ1v) is 7.49. The summed E-state index contributed by atoms with van der Waals surface area (Å²) < 4.78 is 39.0. The molecule has 0 aliphatic rings. The van der Waals surface area contributed by atoms with E-state index in [1.54, 1.807) is 0 Å². The molecule has 2 heterocycles. The first kappa shape index (κ1) is 14.3. The number of aromatic nitrogens is 1. The average molecular weight is 373 g/mol. The van der Waals surface area contributed by atoms with Gasteiger partial charge >= 0.3 is 6.18 Å². The zero-order chi connectivity index (χ0) is 15.2. The van der Waals surface area contributed by atoms with Crippen molar-refractivity contribution in [3.05, 3.63) is 46.6 Å². The number of fused-ring (bicyclic) bond motifs is 1. The van der Waals surface area contributed by atoms with Crippen molar-refractivity contribution in [3.8, 4) is 10.4 Å². The summed E-state index contributed by atoms with van der Waals surface area (Å²) in [5.41, 5.74) is 6.45. The van der Waals surface area contributed by atoms with Crippen LogP contribution < -0.4 is 5.73 Å². The van der Waals surface area contributed by atoms with Crippen LogP contribution in [0.5, 0.6) is 0 Å². The number of nitrogens with two attached hydrogens (primary N) is 1. The number of nitrogens with zero attached hydrogens (tertiary/aromatic N) is 1. The number of pyridine rings is 1. The average Bonchev–Trinajstić information content (AvgIpc) is 2.76. The minimum absolute atomic E-state index is 0.292. The highest BCUT2D eigenvalue weighted by atomic mass is 79.9. The standard InChI is InChI=1S/C14H8BrF3N2S/c15-8-3-1-7(2-4-8)12-11(19)9-5-6-10(14(16,17)18)20-13(9)21-12/h1-6H,19H2. The molecule has 0 saturated carbocycles. The van der Waals surface area contributed by atoms with Crippen molar-refractivity contribution in [2.24, 2.45) is 0 Å². The predicted octanol–water partition coefficient (Wildman–Crippen LogP) is 5.33. The van der Waals surface area contributed by atoms with Crippen LogP contribution in [0.1, 0.15) is 5.69 Å². The maximum Gasteiger partial charge on any atom is 0.433 e. The summed E-state index contributed by atoms with van der Waals surface area (Å²) in [5.74, 6) is 0. The van der Waals surface area contributed by atoms with E-state index in [0.717, 1.165) is 32.3 Å². The summed E-state index contributed by atoms with van der Waals surface area (Å²) >= 11 is 4.50. The van der Waals surface area contributed by atoms with E-state index >= 15 is 0 Å². The third kappa shape index (κ3) is 2.63. The SMILES string of the molecule is Nc1c(-c2ccc(Br)cc2)sc2nc(C(F)(F)F)ccc12. The number of benzene rings is 1. The number of anilines is 1. The Balaban J connectivity index is 2.17. The minimum atomic E-state index is -4.45. The molecular weight excluding hydrogens is 365 g/mol. The van der Waals surface area contributed by atoms with E-state index in [4.69, 9.17) is 5.73 Å². The number of hydrogen-bond acceptors (Lipinski definition) is 3. The van der Waals surface area contributed by atoms with Gasteiger partial charge in [-0.3, -0.25) is 0 Å². The highest BCUT2D eigenvalue weighted by molar-refractivity contribution is 9.10. The van der Waals surface area contributed by atoms with E-state index in [0.29, 0.717) is 15.9 Å². The Morgan fingerprint density at radius 3 is 2.33 bits per heavy atom. The molecule has 7 heteroatoms. The van der Waals surface area contributed by atoms with Crippen LogP contribution in [0.15, 0.2) is 40.9 Å². The van der Waals surface area contributed by atoms with E-state index in [2.05, 4.69) is 20.9 Å². The molecule has 0 aliphatic carbocycles. The molecule has 2 aromatic heterocycles. The van der Waals surface area contributed by atoms with Crippen LogP contribution in [-0.4, -0.2) is 4.98 Å². The summed E-state index contributed by atoms with van der Waals surface area (Å²) in [5, 5.41) is 0.547. The molecule has 0 aliphatic heterocycles. The number of halogens is 4. The summed E-state index contributed by atoms with van der Waals surface area (Å²) in [6, 6.07) is 9.75. The van der Waals surface area contributed by atoms with Gasteiger partial charge in [0.05, 0.1) is 10.6 Å². The number of thiophene rings is 1. The molecule has 0 unspecified atom stereocenters. The van der Waals surface area contributed by atoms with Gasteiger partial charge in [0.15, 0.2) is 0 Å². The van der Waals surface area contributed by atoms with Crippen molar-refractivity contribution >= 4 is 43.2 Å². The monoisotopic (exact) mass is 372 g/mol. The summed E-state index contributed by atoms with van der Waals surface area (Å²) in [4.78, 5) is 4.69. The second kappa shape index (κ2) is 4.99. The van der Waals surface area contributed by atoms with Crippen LogP contribution >= 0.6 is 27.3 Å². The topological polar surface area (TPSA) is 38.9 Å². The molecule has 0 fully saturated rings. The Bertz CT molecular complexity index is 809. The van der Waals surface area contributed by atoms with Gasteiger partial charge in [-0.25, -0.2) is 4.98 Å². The highest BCUT2D eigenvalue weighted by Crippen LogP contribution is 2.41. The van der Waals surface area contributed by atoms with Crippen molar-refractivity contribution < 1.29 is 13.2 Å². The number of hydrogen-bond donors (Lipinski definition) is 1. The highest BCUT2D eigenvalue weighted by Gasteiger charge is 2.33. The largest absolute Gasteiger partial charge is 0.433 e. The lowest BCUT2D eigenvalue weighted by molar-refractivity contribution is -0.140. The Labute approximate surface area is 130 Å². The Morgan fingerprint density at radius 1 is 1.05 bits per heavy atom. The maximum atomic E-state index is 12.7. The molecule has 0 radical (unpaired) electrons. The molecule has 3 rings (SSSR count). The van der Waals surface area contributed by atoms with Crippen LogP contribution in [0.2, 0.25) is 0 Å². The van der Waals surface area contributed by atoms with Crippen LogP contribution in [0, 0.1) is 0 Å². The van der Waals surface area contributed by atoms with E-state index in [1.165, 1.54) is 6.07 Å². The van der Waals surface area contributed by atoms with Crippen molar-refractivity contribution in [2.75, 3.05) is 5.73 Å². The van der Waals surface area contributed by atoms with Crippen LogP contribution in [-0.2, 0) is 6.18 Å². The minimum Gasteiger partial charge on any atom is -0.397 e. The maximum absolute atomic E-state index is 12.7. The molecule has 108 valence electrons. The van der Waals surface area contributed by atoms with Gasteiger partial charge < -0.3 is 5.73 Å². The van der Waals surface area contributed by atoms with Crippen molar-refractivity contribution in [2.45, 2.75) is 6.18 Å². The van der Waals surface area contributed by atoms with Gasteiger partial charge in [-0.1, -0.05) is 28.1 Å². The number of nitrogen functional groups attached to an aromatic ring is 1. The molecule has 0 bridgehead atoms. The third-order valence-corrected chi connectivity index (χ3v) is 4.68. The zero-order valence-electron chi connectivity index (χ0n) is 10.4. The molecule has 0 spiro atoms. The smallest absolute Gasteiger partial charge is 0.397 e. The molecule has 2 nitrogen and oxygen atoms in total. The van der Waals surface area contributed by atoms with Crippen molar-refractivity contribution in [1.29, 1.82) is 0 Å². The molecule has 3 aromatic rings. The predicted molar refractivity (Wildman–Crippen MR) is 82.2 cm³/mol. The fraction of sp³-hybridized carbons (Fsp3) is 0.0714. The van der Waals surface area contributed by atoms with Crippen LogP contribution in [0.4, 0.5) is 18.9 Å². The van der Waals surface area contributed by atoms with E-state index in [1.807, 2.05) is 24.3 Å². The van der Waals surface area contributed by atoms with Crippen molar-refractivity contribution in [1.82, 2.24) is 4.98 Å². The fourth-order valence-electron chi connectivity index (χ4n) is 1.97. The summed E-state index contributed by atoms with van der Waals surface area (Å²) in [6.07, 6.45) is -4.45. The lowest BCUT2D eigenvalue weighted by atomic mass is 10.1. The van der Waals surface area contributed by atoms with E-state index in [-0.39, 0.29) is 0 Å². The molecular formula is C14H8BrF3N2S. The van der Waals surface area contributed by atoms with Gasteiger partial charge in [0.2, 0.25) is 0 Å². The van der Waals surface area contributed by atoms with E-state index in [9.17, 15) is 13.2 Å². The first-order valence-electron chi connectivity index (χ1n) is 5.88. The Morgan fingerprint density at radius 2 is 1.71 bits per heavy atom. The lowest BCUT2D eigenvalue weighted by Gasteiger charge is -2.04. The van der Waals surface area contributed by atoms with Crippen molar-refractivity contribution in [3.63, 3.8) is 0 Å². The van der Waals surface area contributed by atoms with Gasteiger partial charge in [0, 0.05) is 9.86 Å². The quantitative estimate of drug-likeness (QED) is 0.627. The second-order valence-electron chi connectivity index (χ2n) is 4.40. The van der Waals surface area contributed by atoms with Crippen LogP contribution in [0.3, 0.4) is 0 Å². The van der Waals surface area contributed by atoms with Gasteiger partial charge in [0.25, 0.3) is 0 Å². The summed E-state index contributed by atoms with van der Waals surface area (Å²) in [7, 11) is 0. The second-order valence-corrected chi connectivity index (χ2v) is 6.31. The van der Waals surface area contributed by atoms with Gasteiger partial charge in [0.1, 0.15) is 10.5 Å². The molecule has 2 N–H and O–H groups in total.